The predicted octanol–water partition coefficient (Wildman–Crippen LogP) is 3.14. The van der Waals surface area contributed by atoms with E-state index in [9.17, 15) is 23.9 Å². The second-order valence-electron chi connectivity index (χ2n) is 6.08. The molecule has 0 aliphatic carbocycles. The molecule has 2 amide bonds. The number of benzene rings is 1. The van der Waals surface area contributed by atoms with Crippen molar-refractivity contribution in [1.29, 1.82) is 0 Å². The van der Waals surface area contributed by atoms with Crippen LogP contribution in [0.1, 0.15) is 38.4 Å². The van der Waals surface area contributed by atoms with Crippen molar-refractivity contribution in [1.82, 2.24) is 4.90 Å². The summed E-state index contributed by atoms with van der Waals surface area (Å²) in [6, 6.07) is 6.15. The van der Waals surface area contributed by atoms with Crippen LogP contribution in [0.5, 0.6) is 0 Å². The first kappa shape index (κ1) is 18.1. The van der Waals surface area contributed by atoms with Gasteiger partial charge in [-0.3, -0.25) is 9.59 Å². The zero-order valence-corrected chi connectivity index (χ0v) is 14.8. The van der Waals surface area contributed by atoms with Gasteiger partial charge in [0.05, 0.1) is 9.88 Å². The fourth-order valence-corrected chi connectivity index (χ4v) is 3.99. The molecule has 2 aromatic rings. The Labute approximate surface area is 153 Å². The minimum absolute atomic E-state index is 0.175. The average Bonchev–Trinajstić information content (AvgIpc) is 3.21. The van der Waals surface area contributed by atoms with Crippen LogP contribution < -0.4 is 5.32 Å². The van der Waals surface area contributed by atoms with E-state index in [2.05, 4.69) is 5.32 Å². The lowest BCUT2D eigenvalue weighted by Crippen LogP contribution is -2.40. The van der Waals surface area contributed by atoms with Crippen molar-refractivity contribution >= 4 is 34.1 Å². The summed E-state index contributed by atoms with van der Waals surface area (Å²) in [5.41, 5.74) is 0.833. The van der Waals surface area contributed by atoms with Crippen molar-refractivity contribution in [3.63, 3.8) is 0 Å². The van der Waals surface area contributed by atoms with E-state index in [-0.39, 0.29) is 11.5 Å². The highest BCUT2D eigenvalue weighted by Crippen LogP contribution is 2.30. The molecular weight excluding hydrogens is 359 g/mol. The van der Waals surface area contributed by atoms with Crippen molar-refractivity contribution in [3.8, 4) is 0 Å². The number of thiophene rings is 1. The summed E-state index contributed by atoms with van der Waals surface area (Å²) in [7, 11) is 0. The third kappa shape index (κ3) is 3.60. The highest BCUT2D eigenvalue weighted by molar-refractivity contribution is 7.18. The lowest BCUT2D eigenvalue weighted by atomic mass is 10.2. The highest BCUT2D eigenvalue weighted by atomic mass is 32.1. The number of hydrogen-bond acceptors (Lipinski definition) is 4. The maximum atomic E-state index is 13.2. The maximum absolute atomic E-state index is 13.2. The van der Waals surface area contributed by atoms with Crippen LogP contribution in [-0.4, -0.2) is 40.4 Å². The fraction of sp³-hybridized carbons (Fsp3) is 0.278. The molecule has 1 aromatic heterocycles. The predicted molar refractivity (Wildman–Crippen MR) is 95.1 cm³/mol. The molecule has 0 bridgehead atoms. The Kier molecular flexibility index (Phi) is 5.03. The SMILES string of the molecule is Cc1cc(NC(=O)c2cccc(F)c2)sc1C(=O)N1CCC[C@H]1C(=O)O. The molecule has 2 N–H and O–H groups in total. The molecule has 8 heteroatoms. The number of anilines is 1. The summed E-state index contributed by atoms with van der Waals surface area (Å²) in [6.45, 7) is 2.13. The quantitative estimate of drug-likeness (QED) is 0.858. The lowest BCUT2D eigenvalue weighted by Gasteiger charge is -2.20. The van der Waals surface area contributed by atoms with Gasteiger partial charge in [-0.15, -0.1) is 11.3 Å². The number of amides is 2. The van der Waals surface area contributed by atoms with E-state index in [1.54, 1.807) is 13.0 Å². The average molecular weight is 376 g/mol. The minimum Gasteiger partial charge on any atom is -0.480 e. The van der Waals surface area contributed by atoms with Crippen LogP contribution >= 0.6 is 11.3 Å². The summed E-state index contributed by atoms with van der Waals surface area (Å²) in [5.74, 6) is -2.34. The van der Waals surface area contributed by atoms with E-state index in [1.807, 2.05) is 0 Å². The van der Waals surface area contributed by atoms with Crippen LogP contribution in [0.4, 0.5) is 9.39 Å². The van der Waals surface area contributed by atoms with Gasteiger partial charge in [-0.1, -0.05) is 6.07 Å². The van der Waals surface area contributed by atoms with E-state index in [0.717, 1.165) is 17.4 Å². The van der Waals surface area contributed by atoms with Crippen molar-refractivity contribution < 1.29 is 23.9 Å². The van der Waals surface area contributed by atoms with Crippen molar-refractivity contribution in [2.24, 2.45) is 0 Å². The number of halogens is 1. The molecule has 1 aromatic carbocycles. The molecule has 1 fully saturated rings. The van der Waals surface area contributed by atoms with Gasteiger partial charge >= 0.3 is 5.97 Å². The normalized spacial score (nSPS) is 16.5. The Morgan fingerprint density at radius 3 is 2.77 bits per heavy atom. The number of carbonyl (C=O) groups is 3. The van der Waals surface area contributed by atoms with Gasteiger partial charge in [0.1, 0.15) is 11.9 Å². The molecule has 2 heterocycles. The summed E-state index contributed by atoms with van der Waals surface area (Å²) in [4.78, 5) is 38.0. The van der Waals surface area contributed by atoms with Gasteiger partial charge in [0, 0.05) is 12.1 Å². The largest absolute Gasteiger partial charge is 0.480 e. The smallest absolute Gasteiger partial charge is 0.326 e. The zero-order valence-electron chi connectivity index (χ0n) is 14.0. The molecule has 0 spiro atoms. The van der Waals surface area contributed by atoms with E-state index >= 15 is 0 Å². The molecule has 136 valence electrons. The van der Waals surface area contributed by atoms with Crippen molar-refractivity contribution in [3.05, 3.63) is 52.2 Å². The monoisotopic (exact) mass is 376 g/mol. The summed E-state index contributed by atoms with van der Waals surface area (Å²) >= 11 is 1.09. The highest BCUT2D eigenvalue weighted by Gasteiger charge is 2.35. The first-order chi connectivity index (χ1) is 12.4. The first-order valence-corrected chi connectivity index (χ1v) is 8.89. The molecular formula is C18H17FN2O4S. The Balaban J connectivity index is 1.78. The van der Waals surface area contributed by atoms with Crippen LogP contribution in [-0.2, 0) is 4.79 Å². The van der Waals surface area contributed by atoms with Crippen LogP contribution in [0.25, 0.3) is 0 Å². The van der Waals surface area contributed by atoms with Gasteiger partial charge in [0.25, 0.3) is 11.8 Å². The number of aryl methyl sites for hydroxylation is 1. The van der Waals surface area contributed by atoms with Crippen LogP contribution in [0, 0.1) is 12.7 Å². The number of likely N-dealkylation sites (tertiary alicyclic amines) is 1. The number of hydrogen-bond donors (Lipinski definition) is 2. The van der Waals surface area contributed by atoms with Gasteiger partial charge in [0.15, 0.2) is 0 Å². The van der Waals surface area contributed by atoms with Gasteiger partial charge in [-0.2, -0.15) is 0 Å². The molecule has 26 heavy (non-hydrogen) atoms. The molecule has 3 rings (SSSR count). The maximum Gasteiger partial charge on any atom is 0.326 e. The van der Waals surface area contributed by atoms with Crippen LogP contribution in [0.3, 0.4) is 0 Å². The van der Waals surface area contributed by atoms with Gasteiger partial charge < -0.3 is 15.3 Å². The summed E-state index contributed by atoms with van der Waals surface area (Å²) < 4.78 is 13.2. The van der Waals surface area contributed by atoms with Crippen LogP contribution in [0.2, 0.25) is 0 Å². The zero-order chi connectivity index (χ0) is 18.8. The molecule has 6 nitrogen and oxygen atoms in total. The van der Waals surface area contributed by atoms with Gasteiger partial charge in [0.2, 0.25) is 0 Å². The van der Waals surface area contributed by atoms with Gasteiger partial charge in [-0.05, 0) is 49.6 Å². The molecule has 1 aliphatic heterocycles. The Morgan fingerprint density at radius 2 is 2.08 bits per heavy atom. The fourth-order valence-electron chi connectivity index (χ4n) is 2.97. The van der Waals surface area contributed by atoms with E-state index in [1.165, 1.54) is 23.1 Å². The van der Waals surface area contributed by atoms with Crippen molar-refractivity contribution in [2.45, 2.75) is 25.8 Å². The number of carboxylic acid groups (broad SMARTS) is 1. The topological polar surface area (TPSA) is 86.7 Å². The lowest BCUT2D eigenvalue weighted by molar-refractivity contribution is -0.141. The van der Waals surface area contributed by atoms with Gasteiger partial charge in [-0.25, -0.2) is 9.18 Å². The summed E-state index contributed by atoms with van der Waals surface area (Å²) in [6.07, 6.45) is 1.09. The number of aliphatic carboxylic acids is 1. The standard InChI is InChI=1S/C18H17FN2O4S/c1-10-8-14(20-16(22)11-4-2-5-12(19)9-11)26-15(10)17(23)21-7-3-6-13(21)18(24)25/h2,4-5,8-9,13H,3,6-7H2,1H3,(H,20,22)(H,24,25)/t13-/m0/s1. The molecule has 1 atom stereocenters. The Morgan fingerprint density at radius 1 is 1.31 bits per heavy atom. The molecule has 1 saturated heterocycles. The third-order valence-corrected chi connectivity index (χ3v) is 5.37. The van der Waals surface area contributed by atoms with E-state index in [4.69, 9.17) is 0 Å². The number of nitrogens with zero attached hydrogens (tertiary/aromatic N) is 1. The van der Waals surface area contributed by atoms with E-state index < -0.39 is 23.7 Å². The molecule has 1 aliphatic rings. The third-order valence-electron chi connectivity index (χ3n) is 4.23. The summed E-state index contributed by atoms with van der Waals surface area (Å²) in [5, 5.41) is 12.3. The minimum atomic E-state index is -1.01. The number of nitrogens with one attached hydrogen (secondary N) is 1. The van der Waals surface area contributed by atoms with Crippen molar-refractivity contribution in [2.75, 3.05) is 11.9 Å². The van der Waals surface area contributed by atoms with E-state index in [0.29, 0.717) is 34.8 Å². The van der Waals surface area contributed by atoms with Crippen LogP contribution in [0.15, 0.2) is 30.3 Å². The number of carbonyl (C=O) groups excluding carboxylic acids is 2. The Hall–Kier alpha value is -2.74. The number of rotatable bonds is 4. The second-order valence-corrected chi connectivity index (χ2v) is 7.13. The first-order valence-electron chi connectivity index (χ1n) is 8.08. The molecule has 0 radical (unpaired) electrons. The second kappa shape index (κ2) is 7.25. The Bertz CT molecular complexity index is 880. The number of carboxylic acids is 1. The molecule has 0 saturated carbocycles. The molecule has 0 unspecified atom stereocenters.